The molecule has 0 saturated carbocycles. The van der Waals surface area contributed by atoms with Gasteiger partial charge in [0.15, 0.2) is 11.5 Å². The molecule has 4 rings (SSSR count). The number of halogens is 1. The normalized spacial score (nSPS) is 12.5. The van der Waals surface area contributed by atoms with Gasteiger partial charge in [0.25, 0.3) is 5.22 Å². The lowest BCUT2D eigenvalue weighted by Crippen LogP contribution is -1.92. The second kappa shape index (κ2) is 7.59. The van der Waals surface area contributed by atoms with E-state index in [4.69, 9.17) is 25.5 Å². The first-order valence-electron chi connectivity index (χ1n) is 7.53. The van der Waals surface area contributed by atoms with E-state index in [9.17, 15) is 0 Å². The smallest absolute Gasteiger partial charge is 0.276 e. The second-order valence-corrected chi connectivity index (χ2v) is 7.74. The number of benzene rings is 2. The molecule has 1 aliphatic rings. The number of aromatic nitrogens is 2. The van der Waals surface area contributed by atoms with Crippen LogP contribution in [0.25, 0.3) is 11.5 Å². The molecule has 3 aromatic rings. The Hall–Kier alpha value is -1.83. The van der Waals surface area contributed by atoms with Gasteiger partial charge in [-0.1, -0.05) is 23.4 Å². The van der Waals surface area contributed by atoms with Gasteiger partial charge in [0.05, 0.1) is 0 Å². The molecule has 2 aromatic carbocycles. The molecule has 0 spiro atoms. The fourth-order valence-corrected chi connectivity index (χ4v) is 4.00. The SMILES string of the molecule is Clc1ccc(SCCSc2nnc(-c3ccc4c(c3)OCO4)o2)cc1. The summed E-state index contributed by atoms with van der Waals surface area (Å²) in [4.78, 5) is 1.19. The van der Waals surface area contributed by atoms with Crippen LogP contribution in [0.15, 0.2) is 57.0 Å². The van der Waals surface area contributed by atoms with E-state index < -0.39 is 0 Å². The molecule has 0 saturated heterocycles. The van der Waals surface area contributed by atoms with Crippen LogP contribution in [-0.4, -0.2) is 28.5 Å². The summed E-state index contributed by atoms with van der Waals surface area (Å²) < 4.78 is 16.4. The molecule has 0 aliphatic carbocycles. The molecule has 25 heavy (non-hydrogen) atoms. The molecule has 0 unspecified atom stereocenters. The van der Waals surface area contributed by atoms with Crippen LogP contribution in [0.2, 0.25) is 5.02 Å². The average Bonchev–Trinajstić information content (AvgIpc) is 3.29. The number of rotatable bonds is 6. The van der Waals surface area contributed by atoms with E-state index in [1.54, 1.807) is 23.5 Å². The highest BCUT2D eigenvalue weighted by atomic mass is 35.5. The van der Waals surface area contributed by atoms with Crippen molar-refractivity contribution in [2.75, 3.05) is 18.3 Å². The van der Waals surface area contributed by atoms with Crippen molar-refractivity contribution in [3.63, 3.8) is 0 Å². The number of thioether (sulfide) groups is 2. The molecule has 1 aliphatic heterocycles. The van der Waals surface area contributed by atoms with Crippen LogP contribution < -0.4 is 9.47 Å². The lowest BCUT2D eigenvalue weighted by molar-refractivity contribution is 0.174. The highest BCUT2D eigenvalue weighted by molar-refractivity contribution is 8.02. The zero-order valence-corrected chi connectivity index (χ0v) is 15.4. The van der Waals surface area contributed by atoms with Crippen molar-refractivity contribution in [2.45, 2.75) is 10.1 Å². The van der Waals surface area contributed by atoms with Gasteiger partial charge < -0.3 is 13.9 Å². The minimum Gasteiger partial charge on any atom is -0.454 e. The molecule has 0 fully saturated rings. The number of fused-ring (bicyclic) bond motifs is 1. The Balaban J connectivity index is 1.31. The third kappa shape index (κ3) is 4.05. The Labute approximate surface area is 158 Å². The average molecular weight is 393 g/mol. The topological polar surface area (TPSA) is 57.4 Å². The summed E-state index contributed by atoms with van der Waals surface area (Å²) >= 11 is 9.19. The summed E-state index contributed by atoms with van der Waals surface area (Å²) in [7, 11) is 0. The number of nitrogens with zero attached hydrogens (tertiary/aromatic N) is 2. The van der Waals surface area contributed by atoms with E-state index >= 15 is 0 Å². The summed E-state index contributed by atoms with van der Waals surface area (Å²) in [5, 5.41) is 9.50. The van der Waals surface area contributed by atoms with E-state index in [-0.39, 0.29) is 6.79 Å². The molecular weight excluding hydrogens is 380 g/mol. The van der Waals surface area contributed by atoms with Crippen molar-refractivity contribution in [3.05, 3.63) is 47.5 Å². The Morgan fingerprint density at radius 3 is 2.60 bits per heavy atom. The fourth-order valence-electron chi connectivity index (χ4n) is 2.23. The van der Waals surface area contributed by atoms with Crippen LogP contribution in [-0.2, 0) is 0 Å². The van der Waals surface area contributed by atoms with E-state index in [0.717, 1.165) is 27.8 Å². The summed E-state index contributed by atoms with van der Waals surface area (Å²) in [5.74, 6) is 3.72. The third-order valence-electron chi connectivity index (χ3n) is 3.42. The maximum absolute atomic E-state index is 5.88. The van der Waals surface area contributed by atoms with Crippen LogP contribution in [0, 0.1) is 0 Å². The molecule has 0 atom stereocenters. The zero-order chi connectivity index (χ0) is 17.1. The van der Waals surface area contributed by atoms with Crippen LogP contribution in [0.1, 0.15) is 0 Å². The van der Waals surface area contributed by atoms with Gasteiger partial charge in [0.2, 0.25) is 12.7 Å². The fraction of sp³-hybridized carbons (Fsp3) is 0.176. The molecule has 0 radical (unpaired) electrons. The molecule has 2 heterocycles. The van der Waals surface area contributed by atoms with Crippen molar-refractivity contribution >= 4 is 35.1 Å². The van der Waals surface area contributed by atoms with E-state index in [0.29, 0.717) is 16.9 Å². The van der Waals surface area contributed by atoms with E-state index in [1.165, 1.54) is 4.90 Å². The Kier molecular flexibility index (Phi) is 5.05. The van der Waals surface area contributed by atoms with Crippen LogP contribution in [0.5, 0.6) is 11.5 Å². The second-order valence-electron chi connectivity index (χ2n) is 5.09. The van der Waals surface area contributed by atoms with Gasteiger partial charge in [-0.3, -0.25) is 0 Å². The Bertz CT molecular complexity index is 871. The molecule has 0 N–H and O–H groups in total. The van der Waals surface area contributed by atoms with Crippen LogP contribution >= 0.6 is 35.1 Å². The highest BCUT2D eigenvalue weighted by Gasteiger charge is 2.16. The van der Waals surface area contributed by atoms with Crippen LogP contribution in [0.3, 0.4) is 0 Å². The van der Waals surface area contributed by atoms with Gasteiger partial charge in [-0.25, -0.2) is 0 Å². The molecule has 0 bridgehead atoms. The summed E-state index contributed by atoms with van der Waals surface area (Å²) in [6.45, 7) is 0.245. The highest BCUT2D eigenvalue weighted by Crippen LogP contribution is 2.36. The van der Waals surface area contributed by atoms with Crippen molar-refractivity contribution in [3.8, 4) is 23.0 Å². The van der Waals surface area contributed by atoms with Gasteiger partial charge in [-0.15, -0.1) is 22.0 Å². The van der Waals surface area contributed by atoms with Crippen molar-refractivity contribution in [1.82, 2.24) is 10.2 Å². The Morgan fingerprint density at radius 1 is 0.920 bits per heavy atom. The maximum Gasteiger partial charge on any atom is 0.276 e. The maximum atomic E-state index is 5.88. The zero-order valence-electron chi connectivity index (χ0n) is 13.0. The van der Waals surface area contributed by atoms with Crippen molar-refractivity contribution < 1.29 is 13.9 Å². The minimum atomic E-state index is 0.245. The molecular formula is C17H13ClN2O3S2. The lowest BCUT2D eigenvalue weighted by Gasteiger charge is -2.00. The van der Waals surface area contributed by atoms with Crippen molar-refractivity contribution in [2.24, 2.45) is 0 Å². The van der Waals surface area contributed by atoms with Gasteiger partial charge in [0.1, 0.15) is 0 Å². The number of hydrogen-bond acceptors (Lipinski definition) is 7. The molecule has 5 nitrogen and oxygen atoms in total. The first kappa shape index (κ1) is 16.6. The van der Waals surface area contributed by atoms with Gasteiger partial charge in [-0.05, 0) is 42.5 Å². The monoisotopic (exact) mass is 392 g/mol. The quantitative estimate of drug-likeness (QED) is 0.432. The van der Waals surface area contributed by atoms with E-state index in [2.05, 4.69) is 10.2 Å². The molecule has 0 amide bonds. The van der Waals surface area contributed by atoms with Crippen molar-refractivity contribution in [1.29, 1.82) is 0 Å². The molecule has 128 valence electrons. The minimum absolute atomic E-state index is 0.245. The Morgan fingerprint density at radius 2 is 1.72 bits per heavy atom. The first-order valence-corrected chi connectivity index (χ1v) is 9.87. The predicted molar refractivity (Wildman–Crippen MR) is 98.8 cm³/mol. The molecule has 1 aromatic heterocycles. The van der Waals surface area contributed by atoms with Gasteiger partial charge in [0, 0.05) is 27.0 Å². The third-order valence-corrected chi connectivity index (χ3v) is 5.76. The largest absolute Gasteiger partial charge is 0.454 e. The standard InChI is InChI=1S/C17H13ClN2O3S2/c18-12-2-4-13(5-3-12)24-7-8-25-17-20-19-16(23-17)11-1-6-14-15(9-11)22-10-21-14/h1-6,9H,7-8,10H2. The van der Waals surface area contributed by atoms with E-state index in [1.807, 2.05) is 42.5 Å². The first-order chi connectivity index (χ1) is 12.3. The summed E-state index contributed by atoms with van der Waals surface area (Å²) in [6.07, 6.45) is 0. The summed E-state index contributed by atoms with van der Waals surface area (Å²) in [5.41, 5.74) is 0.819. The number of ether oxygens (including phenoxy) is 2. The van der Waals surface area contributed by atoms with Gasteiger partial charge in [-0.2, -0.15) is 0 Å². The molecule has 8 heteroatoms. The van der Waals surface area contributed by atoms with Gasteiger partial charge >= 0.3 is 0 Å². The predicted octanol–water partition coefficient (Wildman–Crippen LogP) is 5.00. The lowest BCUT2D eigenvalue weighted by atomic mass is 10.2. The number of hydrogen-bond donors (Lipinski definition) is 0. The summed E-state index contributed by atoms with van der Waals surface area (Å²) in [6, 6.07) is 13.4. The van der Waals surface area contributed by atoms with Crippen LogP contribution in [0.4, 0.5) is 0 Å².